The standard InChI is InChI=1S/C14H10O3S2/c15-19(16,14-6-3-9-18-14)17-13-8-7-11-4-1-2-5-12(11)10-13/h1-10H. The van der Waals surface area contributed by atoms with Gasteiger partial charge in [0.25, 0.3) is 0 Å². The highest BCUT2D eigenvalue weighted by atomic mass is 32.3. The average Bonchev–Trinajstić information content (AvgIpc) is 2.93. The summed E-state index contributed by atoms with van der Waals surface area (Å²) >= 11 is 1.14. The Balaban J connectivity index is 1.98. The van der Waals surface area contributed by atoms with E-state index in [4.69, 9.17) is 4.18 Å². The number of fused-ring (bicyclic) bond motifs is 1. The lowest BCUT2D eigenvalue weighted by Crippen LogP contribution is -2.07. The molecule has 0 aliphatic rings. The van der Waals surface area contributed by atoms with E-state index in [1.807, 2.05) is 30.3 Å². The normalized spacial score (nSPS) is 11.6. The Hall–Kier alpha value is -1.85. The second kappa shape index (κ2) is 4.68. The van der Waals surface area contributed by atoms with Gasteiger partial charge >= 0.3 is 10.1 Å². The lowest BCUT2D eigenvalue weighted by atomic mass is 10.1. The Morgan fingerprint density at radius 2 is 1.68 bits per heavy atom. The minimum absolute atomic E-state index is 0.209. The summed E-state index contributed by atoms with van der Waals surface area (Å²) in [7, 11) is -3.72. The number of hydrogen-bond acceptors (Lipinski definition) is 4. The summed E-state index contributed by atoms with van der Waals surface area (Å²) < 4.78 is 29.3. The van der Waals surface area contributed by atoms with Gasteiger partial charge in [0.2, 0.25) is 0 Å². The summed E-state index contributed by atoms with van der Waals surface area (Å²) in [5.74, 6) is 0.326. The van der Waals surface area contributed by atoms with Crippen LogP contribution in [-0.4, -0.2) is 8.42 Å². The maximum Gasteiger partial charge on any atom is 0.348 e. The minimum atomic E-state index is -3.72. The summed E-state index contributed by atoms with van der Waals surface area (Å²) in [5, 5.41) is 3.70. The first-order chi connectivity index (χ1) is 9.15. The molecule has 0 bridgehead atoms. The second-order valence-electron chi connectivity index (χ2n) is 3.98. The van der Waals surface area contributed by atoms with E-state index in [1.165, 1.54) is 6.07 Å². The van der Waals surface area contributed by atoms with Crippen molar-refractivity contribution in [3.63, 3.8) is 0 Å². The third kappa shape index (κ3) is 2.47. The van der Waals surface area contributed by atoms with E-state index in [0.717, 1.165) is 22.1 Å². The number of benzene rings is 2. The van der Waals surface area contributed by atoms with Crippen LogP contribution in [0.4, 0.5) is 0 Å². The van der Waals surface area contributed by atoms with Gasteiger partial charge in [-0.15, -0.1) is 11.3 Å². The van der Waals surface area contributed by atoms with E-state index in [2.05, 4.69) is 0 Å². The van der Waals surface area contributed by atoms with Crippen molar-refractivity contribution in [2.75, 3.05) is 0 Å². The van der Waals surface area contributed by atoms with E-state index in [-0.39, 0.29) is 4.21 Å². The van der Waals surface area contributed by atoms with Gasteiger partial charge in [-0.25, -0.2) is 0 Å². The zero-order chi connectivity index (χ0) is 13.3. The van der Waals surface area contributed by atoms with Gasteiger partial charge in [-0.3, -0.25) is 0 Å². The fourth-order valence-corrected chi connectivity index (χ4v) is 3.67. The van der Waals surface area contributed by atoms with Crippen molar-refractivity contribution in [1.82, 2.24) is 0 Å². The first-order valence-corrected chi connectivity index (χ1v) is 7.91. The van der Waals surface area contributed by atoms with Crippen LogP contribution in [0.25, 0.3) is 10.8 Å². The molecule has 3 aromatic rings. The molecule has 1 heterocycles. The maximum atomic E-state index is 12.0. The predicted molar refractivity (Wildman–Crippen MR) is 76.1 cm³/mol. The van der Waals surface area contributed by atoms with Crippen LogP contribution in [-0.2, 0) is 10.1 Å². The SMILES string of the molecule is O=S(=O)(Oc1ccc2ccccc2c1)c1cccs1. The van der Waals surface area contributed by atoms with Gasteiger partial charge in [0.05, 0.1) is 0 Å². The van der Waals surface area contributed by atoms with E-state index >= 15 is 0 Å². The highest BCUT2D eigenvalue weighted by Crippen LogP contribution is 2.25. The topological polar surface area (TPSA) is 43.4 Å². The highest BCUT2D eigenvalue weighted by molar-refractivity contribution is 7.89. The zero-order valence-electron chi connectivity index (χ0n) is 9.81. The minimum Gasteiger partial charge on any atom is -0.378 e. The number of thiophene rings is 1. The zero-order valence-corrected chi connectivity index (χ0v) is 11.4. The quantitative estimate of drug-likeness (QED) is 0.691. The van der Waals surface area contributed by atoms with E-state index in [1.54, 1.807) is 23.6 Å². The van der Waals surface area contributed by atoms with Crippen LogP contribution >= 0.6 is 11.3 Å². The Morgan fingerprint density at radius 1 is 0.895 bits per heavy atom. The Labute approximate surface area is 115 Å². The van der Waals surface area contributed by atoms with Crippen LogP contribution in [0, 0.1) is 0 Å². The van der Waals surface area contributed by atoms with Crippen molar-refractivity contribution in [3.05, 3.63) is 60.0 Å². The van der Waals surface area contributed by atoms with E-state index < -0.39 is 10.1 Å². The molecule has 5 heteroatoms. The molecule has 3 nitrogen and oxygen atoms in total. The third-order valence-electron chi connectivity index (χ3n) is 2.67. The van der Waals surface area contributed by atoms with Crippen LogP contribution in [0.15, 0.2) is 64.2 Å². The van der Waals surface area contributed by atoms with E-state index in [0.29, 0.717) is 5.75 Å². The molecule has 1 aromatic heterocycles. The molecule has 0 fully saturated rings. The molecule has 2 aromatic carbocycles. The van der Waals surface area contributed by atoms with Gasteiger partial charge in [-0.2, -0.15) is 8.42 Å². The monoisotopic (exact) mass is 290 g/mol. The summed E-state index contributed by atoms with van der Waals surface area (Å²) in [4.78, 5) is 0. The number of rotatable bonds is 3. The molecule has 0 saturated heterocycles. The summed E-state index contributed by atoms with van der Waals surface area (Å²) in [5.41, 5.74) is 0. The Kier molecular flexibility index (Phi) is 3.00. The van der Waals surface area contributed by atoms with Gasteiger partial charge in [-0.1, -0.05) is 36.4 Å². The molecule has 0 atom stereocenters. The highest BCUT2D eigenvalue weighted by Gasteiger charge is 2.17. The molecule has 19 heavy (non-hydrogen) atoms. The molecule has 0 aliphatic heterocycles. The van der Waals surface area contributed by atoms with Crippen LogP contribution in [0.1, 0.15) is 0 Å². The Morgan fingerprint density at radius 3 is 2.42 bits per heavy atom. The second-order valence-corrected chi connectivity index (χ2v) is 6.70. The maximum absolute atomic E-state index is 12.0. The van der Waals surface area contributed by atoms with Crippen molar-refractivity contribution in [2.45, 2.75) is 4.21 Å². The first-order valence-electron chi connectivity index (χ1n) is 5.62. The molecule has 0 unspecified atom stereocenters. The summed E-state index contributed by atoms with van der Waals surface area (Å²) in [6, 6.07) is 16.2. The van der Waals surface area contributed by atoms with Crippen molar-refractivity contribution in [3.8, 4) is 5.75 Å². The van der Waals surface area contributed by atoms with Crippen LogP contribution in [0.3, 0.4) is 0 Å². The summed E-state index contributed by atoms with van der Waals surface area (Å²) in [6.45, 7) is 0. The van der Waals surface area contributed by atoms with E-state index in [9.17, 15) is 8.42 Å². The van der Waals surface area contributed by atoms with Gasteiger partial charge in [0.1, 0.15) is 5.75 Å². The fourth-order valence-electron chi connectivity index (χ4n) is 1.79. The first kappa shape index (κ1) is 12.2. The van der Waals surface area contributed by atoms with Gasteiger partial charge in [-0.05, 0) is 34.4 Å². The summed E-state index contributed by atoms with van der Waals surface area (Å²) in [6.07, 6.45) is 0. The van der Waals surface area contributed by atoms with Gasteiger partial charge in [0.15, 0.2) is 4.21 Å². The molecular formula is C14H10O3S2. The predicted octanol–water partition coefficient (Wildman–Crippen LogP) is 3.67. The Bertz CT molecular complexity index is 806. The third-order valence-corrected chi connectivity index (χ3v) is 5.27. The average molecular weight is 290 g/mol. The van der Waals surface area contributed by atoms with Crippen molar-refractivity contribution in [1.29, 1.82) is 0 Å². The molecule has 3 rings (SSSR count). The largest absolute Gasteiger partial charge is 0.378 e. The van der Waals surface area contributed by atoms with Crippen LogP contribution < -0.4 is 4.18 Å². The lowest BCUT2D eigenvalue weighted by molar-refractivity contribution is 0.488. The molecule has 0 aliphatic carbocycles. The molecule has 0 spiro atoms. The molecule has 0 saturated carbocycles. The molecule has 96 valence electrons. The molecule has 0 radical (unpaired) electrons. The van der Waals surface area contributed by atoms with Gasteiger partial charge in [0, 0.05) is 0 Å². The van der Waals surface area contributed by atoms with Crippen LogP contribution in [0.5, 0.6) is 5.75 Å². The van der Waals surface area contributed by atoms with Crippen molar-refractivity contribution >= 4 is 32.2 Å². The van der Waals surface area contributed by atoms with Crippen LogP contribution in [0.2, 0.25) is 0 Å². The van der Waals surface area contributed by atoms with Crippen molar-refractivity contribution < 1.29 is 12.6 Å². The molecular weight excluding hydrogens is 280 g/mol. The van der Waals surface area contributed by atoms with Gasteiger partial charge < -0.3 is 4.18 Å². The molecule has 0 amide bonds. The smallest absolute Gasteiger partial charge is 0.348 e. The molecule has 0 N–H and O–H groups in total. The number of hydrogen-bond donors (Lipinski definition) is 0. The fraction of sp³-hybridized carbons (Fsp3) is 0. The lowest BCUT2D eigenvalue weighted by Gasteiger charge is -2.06. The van der Waals surface area contributed by atoms with Crippen molar-refractivity contribution in [2.24, 2.45) is 0 Å².